The lowest BCUT2D eigenvalue weighted by Gasteiger charge is -2.05. The van der Waals surface area contributed by atoms with Crippen molar-refractivity contribution >= 4 is 17.4 Å². The quantitative estimate of drug-likeness (QED) is 0.686. The van der Waals surface area contributed by atoms with Crippen LogP contribution in [0.2, 0.25) is 0 Å². The molecule has 2 rings (SSSR count). The molecular weight excluding hydrogens is 272 g/mol. The average Bonchev–Trinajstić information content (AvgIpc) is 2.48. The fourth-order valence-corrected chi connectivity index (χ4v) is 1.67. The van der Waals surface area contributed by atoms with Crippen LogP contribution in [0.25, 0.3) is 0 Å². The van der Waals surface area contributed by atoms with Crippen molar-refractivity contribution in [2.45, 2.75) is 6.92 Å². The van der Waals surface area contributed by atoms with E-state index in [-0.39, 0.29) is 17.1 Å². The Hall–Kier alpha value is -3.27. The van der Waals surface area contributed by atoms with E-state index in [9.17, 15) is 14.9 Å². The van der Waals surface area contributed by atoms with Gasteiger partial charge in [0.2, 0.25) is 0 Å². The molecule has 0 atom stereocenters. The first kappa shape index (κ1) is 14.1. The molecule has 1 aromatic carbocycles. The summed E-state index contributed by atoms with van der Waals surface area (Å²) in [5.74, 6) is -0.238. The normalized spacial score (nSPS) is 9.71. The van der Waals surface area contributed by atoms with Crippen LogP contribution in [0.5, 0.6) is 0 Å². The number of carbonyl (C=O) groups is 1. The van der Waals surface area contributed by atoms with Gasteiger partial charge in [-0.15, -0.1) is 0 Å². The largest absolute Gasteiger partial charge is 0.307 e. The molecule has 0 bridgehead atoms. The number of hydrogen-bond acceptors (Lipinski definition) is 5. The Labute approximate surface area is 120 Å². The molecule has 7 nitrogen and oxygen atoms in total. The molecular formula is C14H10N4O3. The highest BCUT2D eigenvalue weighted by Gasteiger charge is 2.15. The maximum atomic E-state index is 12.0. The highest BCUT2D eigenvalue weighted by Crippen LogP contribution is 2.19. The molecule has 0 unspecified atom stereocenters. The van der Waals surface area contributed by atoms with Crippen molar-refractivity contribution in [3.63, 3.8) is 0 Å². The van der Waals surface area contributed by atoms with Gasteiger partial charge in [0.1, 0.15) is 11.9 Å². The zero-order valence-electron chi connectivity index (χ0n) is 11.0. The zero-order chi connectivity index (χ0) is 15.4. The number of rotatable bonds is 3. The molecule has 1 N–H and O–H groups in total. The minimum atomic E-state index is -0.536. The van der Waals surface area contributed by atoms with E-state index < -0.39 is 10.8 Å². The summed E-state index contributed by atoms with van der Waals surface area (Å²) in [4.78, 5) is 26.2. The van der Waals surface area contributed by atoms with E-state index >= 15 is 0 Å². The number of benzene rings is 1. The van der Waals surface area contributed by atoms with E-state index in [0.29, 0.717) is 11.1 Å². The number of nitro benzene ring substituents is 1. The molecule has 0 fully saturated rings. The van der Waals surface area contributed by atoms with Gasteiger partial charge in [0.15, 0.2) is 0 Å². The molecule has 7 heteroatoms. The van der Waals surface area contributed by atoms with Gasteiger partial charge in [-0.2, -0.15) is 5.26 Å². The second-order valence-electron chi connectivity index (χ2n) is 4.26. The summed E-state index contributed by atoms with van der Waals surface area (Å²) in [6.07, 6.45) is 1.33. The molecule has 0 aliphatic heterocycles. The first-order chi connectivity index (χ1) is 10.0. The van der Waals surface area contributed by atoms with Crippen LogP contribution in [0, 0.1) is 28.4 Å². The van der Waals surface area contributed by atoms with Gasteiger partial charge >= 0.3 is 0 Å². The van der Waals surface area contributed by atoms with Crippen LogP contribution in [0.1, 0.15) is 21.5 Å². The molecule has 0 saturated heterocycles. The van der Waals surface area contributed by atoms with Crippen LogP contribution in [-0.4, -0.2) is 15.8 Å². The van der Waals surface area contributed by atoms with Gasteiger partial charge in [-0.1, -0.05) is 6.07 Å². The number of aromatic nitrogens is 1. The third-order valence-corrected chi connectivity index (χ3v) is 2.80. The van der Waals surface area contributed by atoms with Gasteiger partial charge < -0.3 is 5.32 Å². The number of nitro groups is 1. The van der Waals surface area contributed by atoms with Crippen molar-refractivity contribution in [2.24, 2.45) is 0 Å². The standard InChI is InChI=1S/C14H10N4O3/c1-9-2-4-11(6-12(9)18(20)21)14(19)17-13-5-3-10(7-15)8-16-13/h2-6,8H,1H3,(H,16,17,19). The summed E-state index contributed by atoms with van der Waals surface area (Å²) >= 11 is 0. The van der Waals surface area contributed by atoms with E-state index in [1.54, 1.807) is 6.92 Å². The number of amides is 1. The Morgan fingerprint density at radius 3 is 2.71 bits per heavy atom. The van der Waals surface area contributed by atoms with Crippen molar-refractivity contribution in [3.8, 4) is 6.07 Å². The fraction of sp³-hybridized carbons (Fsp3) is 0.0714. The molecule has 104 valence electrons. The summed E-state index contributed by atoms with van der Waals surface area (Å²) in [5.41, 5.74) is 0.904. The number of nitrogens with one attached hydrogen (secondary N) is 1. The Morgan fingerprint density at radius 2 is 2.14 bits per heavy atom. The Kier molecular flexibility index (Phi) is 3.90. The van der Waals surface area contributed by atoms with Gasteiger partial charge in [-0.05, 0) is 25.1 Å². The topological polar surface area (TPSA) is 109 Å². The Morgan fingerprint density at radius 1 is 1.38 bits per heavy atom. The summed E-state index contributed by atoms with van der Waals surface area (Å²) in [6, 6.07) is 9.15. The molecule has 0 spiro atoms. The lowest BCUT2D eigenvalue weighted by atomic mass is 10.1. The van der Waals surface area contributed by atoms with Crippen molar-refractivity contribution < 1.29 is 9.72 Å². The van der Waals surface area contributed by atoms with Crippen LogP contribution in [-0.2, 0) is 0 Å². The van der Waals surface area contributed by atoms with E-state index in [1.165, 1.54) is 36.5 Å². The van der Waals surface area contributed by atoms with Crippen LogP contribution in [0.3, 0.4) is 0 Å². The second-order valence-corrected chi connectivity index (χ2v) is 4.26. The van der Waals surface area contributed by atoms with Gasteiger partial charge in [0.25, 0.3) is 11.6 Å². The lowest BCUT2D eigenvalue weighted by molar-refractivity contribution is -0.385. The number of nitrogens with zero attached hydrogens (tertiary/aromatic N) is 3. The van der Waals surface area contributed by atoms with Gasteiger partial charge in [0.05, 0.1) is 10.5 Å². The Balaban J connectivity index is 2.22. The minimum absolute atomic E-state index is 0.115. The van der Waals surface area contributed by atoms with Gasteiger partial charge in [-0.3, -0.25) is 14.9 Å². The minimum Gasteiger partial charge on any atom is -0.307 e. The number of carbonyl (C=O) groups excluding carboxylic acids is 1. The Bertz CT molecular complexity index is 748. The van der Waals surface area contributed by atoms with Crippen molar-refractivity contribution in [2.75, 3.05) is 5.32 Å². The average molecular weight is 282 g/mol. The van der Waals surface area contributed by atoms with Crippen molar-refractivity contribution in [1.82, 2.24) is 4.98 Å². The predicted octanol–water partition coefficient (Wildman–Crippen LogP) is 2.42. The molecule has 1 heterocycles. The lowest BCUT2D eigenvalue weighted by Crippen LogP contribution is -2.13. The molecule has 0 radical (unpaired) electrons. The SMILES string of the molecule is Cc1ccc(C(=O)Nc2ccc(C#N)cn2)cc1[N+](=O)[O-]. The monoisotopic (exact) mass is 282 g/mol. The van der Waals surface area contributed by atoms with Crippen LogP contribution >= 0.6 is 0 Å². The van der Waals surface area contributed by atoms with E-state index in [4.69, 9.17) is 5.26 Å². The molecule has 1 aromatic heterocycles. The third kappa shape index (κ3) is 3.19. The maximum absolute atomic E-state index is 12.0. The fourth-order valence-electron chi connectivity index (χ4n) is 1.67. The molecule has 0 saturated carbocycles. The summed E-state index contributed by atoms with van der Waals surface area (Å²) < 4.78 is 0. The van der Waals surface area contributed by atoms with Crippen LogP contribution < -0.4 is 5.32 Å². The molecule has 0 aliphatic rings. The maximum Gasteiger partial charge on any atom is 0.273 e. The predicted molar refractivity (Wildman–Crippen MR) is 74.7 cm³/mol. The van der Waals surface area contributed by atoms with Gasteiger partial charge in [-0.25, -0.2) is 4.98 Å². The second kappa shape index (κ2) is 5.79. The van der Waals surface area contributed by atoms with E-state index in [0.717, 1.165) is 0 Å². The number of nitriles is 1. The number of hydrogen-bond donors (Lipinski definition) is 1. The van der Waals surface area contributed by atoms with Crippen LogP contribution in [0.4, 0.5) is 11.5 Å². The van der Waals surface area contributed by atoms with Gasteiger partial charge in [0, 0.05) is 23.4 Å². The number of pyridine rings is 1. The van der Waals surface area contributed by atoms with Crippen LogP contribution in [0.15, 0.2) is 36.5 Å². The first-order valence-electron chi connectivity index (χ1n) is 5.94. The molecule has 21 heavy (non-hydrogen) atoms. The molecule has 1 amide bonds. The van der Waals surface area contributed by atoms with E-state index in [1.807, 2.05) is 6.07 Å². The first-order valence-corrected chi connectivity index (χ1v) is 5.94. The highest BCUT2D eigenvalue weighted by molar-refractivity contribution is 6.04. The summed E-state index contributed by atoms with van der Waals surface area (Å²) in [7, 11) is 0. The number of aryl methyl sites for hydroxylation is 1. The third-order valence-electron chi connectivity index (χ3n) is 2.80. The van der Waals surface area contributed by atoms with E-state index in [2.05, 4.69) is 10.3 Å². The summed E-state index contributed by atoms with van der Waals surface area (Å²) in [6.45, 7) is 1.60. The van der Waals surface area contributed by atoms with Crippen molar-refractivity contribution in [3.05, 3.63) is 63.3 Å². The van der Waals surface area contributed by atoms with Crippen molar-refractivity contribution in [1.29, 1.82) is 5.26 Å². The highest BCUT2D eigenvalue weighted by atomic mass is 16.6. The zero-order valence-corrected chi connectivity index (χ0v) is 11.0. The molecule has 2 aromatic rings. The smallest absolute Gasteiger partial charge is 0.273 e. The summed E-state index contributed by atoms with van der Waals surface area (Å²) in [5, 5.41) is 22.0. The number of anilines is 1. The molecule has 0 aliphatic carbocycles.